The Morgan fingerprint density at radius 2 is 1.96 bits per heavy atom. The minimum atomic E-state index is -0.463. The Bertz CT molecular complexity index is 1010. The number of hydrogen-bond acceptors (Lipinski definition) is 6. The van der Waals surface area contributed by atoms with Crippen LogP contribution in [0.2, 0.25) is 0 Å². The number of carbonyl (C=O) groups is 2. The van der Waals surface area contributed by atoms with E-state index in [1.54, 1.807) is 0 Å². The van der Waals surface area contributed by atoms with Crippen molar-refractivity contribution in [2.24, 2.45) is 5.73 Å². The van der Waals surface area contributed by atoms with Crippen LogP contribution in [0.4, 0.5) is 5.00 Å². The molecule has 28 heavy (non-hydrogen) atoms. The number of thiophene rings is 1. The SMILES string of the molecule is NC(=O)c1c(NC(=O)CSc2nc(-c3ccccc3)cs2)sc2c1CCCC2. The van der Waals surface area contributed by atoms with Crippen LogP contribution in [0.25, 0.3) is 11.3 Å². The van der Waals surface area contributed by atoms with Crippen molar-refractivity contribution < 1.29 is 9.59 Å². The zero-order valence-electron chi connectivity index (χ0n) is 15.1. The summed E-state index contributed by atoms with van der Waals surface area (Å²) in [7, 11) is 0. The predicted octanol–water partition coefficient (Wildman–Crippen LogP) is 4.58. The number of primary amides is 1. The van der Waals surface area contributed by atoms with Gasteiger partial charge in [0, 0.05) is 15.8 Å². The standard InChI is InChI=1S/C20H19N3O2S3/c21-18(25)17-13-8-4-5-9-15(13)28-19(17)23-16(24)11-27-20-22-14(10-26-20)12-6-2-1-3-7-12/h1-3,6-7,10H,4-5,8-9,11H2,(H2,21,25)(H,23,24). The van der Waals surface area contributed by atoms with Crippen LogP contribution in [0.1, 0.15) is 33.6 Å². The number of thiazole rings is 1. The van der Waals surface area contributed by atoms with Crippen LogP contribution in [0.3, 0.4) is 0 Å². The highest BCUT2D eigenvalue weighted by atomic mass is 32.2. The van der Waals surface area contributed by atoms with Gasteiger partial charge in [-0.1, -0.05) is 42.1 Å². The van der Waals surface area contributed by atoms with E-state index in [0.29, 0.717) is 10.6 Å². The number of nitrogens with one attached hydrogen (secondary N) is 1. The molecule has 0 fully saturated rings. The summed E-state index contributed by atoms with van der Waals surface area (Å²) in [4.78, 5) is 30.1. The third kappa shape index (κ3) is 4.14. The number of nitrogens with two attached hydrogens (primary N) is 1. The molecule has 0 atom stereocenters. The summed E-state index contributed by atoms with van der Waals surface area (Å²) in [5.74, 6) is -0.375. The largest absolute Gasteiger partial charge is 0.365 e. The Labute approximate surface area is 175 Å². The highest BCUT2D eigenvalue weighted by Gasteiger charge is 2.25. The lowest BCUT2D eigenvalue weighted by Gasteiger charge is -2.11. The van der Waals surface area contributed by atoms with Gasteiger partial charge in [0.15, 0.2) is 4.34 Å². The number of carbonyl (C=O) groups excluding carboxylic acids is 2. The maximum Gasteiger partial charge on any atom is 0.251 e. The lowest BCUT2D eigenvalue weighted by atomic mass is 9.95. The van der Waals surface area contributed by atoms with Crippen LogP contribution in [0, 0.1) is 0 Å². The van der Waals surface area contributed by atoms with Crippen molar-refractivity contribution in [3.8, 4) is 11.3 Å². The number of amides is 2. The fourth-order valence-electron chi connectivity index (χ4n) is 3.27. The van der Waals surface area contributed by atoms with Crippen molar-refractivity contribution in [3.05, 3.63) is 51.7 Å². The molecule has 0 aliphatic heterocycles. The maximum absolute atomic E-state index is 12.4. The molecule has 144 valence electrons. The van der Waals surface area contributed by atoms with E-state index in [2.05, 4.69) is 10.3 Å². The topological polar surface area (TPSA) is 85.1 Å². The Morgan fingerprint density at radius 1 is 1.18 bits per heavy atom. The van der Waals surface area contributed by atoms with E-state index < -0.39 is 5.91 Å². The summed E-state index contributed by atoms with van der Waals surface area (Å²) >= 11 is 4.41. The first-order valence-electron chi connectivity index (χ1n) is 9.00. The number of rotatable bonds is 6. The second kappa shape index (κ2) is 8.46. The zero-order valence-corrected chi connectivity index (χ0v) is 17.5. The summed E-state index contributed by atoms with van der Waals surface area (Å²) < 4.78 is 0.842. The van der Waals surface area contributed by atoms with Crippen LogP contribution in [-0.4, -0.2) is 22.6 Å². The van der Waals surface area contributed by atoms with Crippen LogP contribution < -0.4 is 11.1 Å². The van der Waals surface area contributed by atoms with Gasteiger partial charge in [0.25, 0.3) is 5.91 Å². The molecule has 1 aliphatic carbocycles. The normalized spacial score (nSPS) is 13.1. The third-order valence-corrected chi connectivity index (χ3v) is 7.78. The molecule has 4 rings (SSSR count). The second-order valence-electron chi connectivity index (χ2n) is 6.48. The van der Waals surface area contributed by atoms with Gasteiger partial charge in [-0.15, -0.1) is 22.7 Å². The highest BCUT2D eigenvalue weighted by Crippen LogP contribution is 2.38. The van der Waals surface area contributed by atoms with E-state index in [9.17, 15) is 9.59 Å². The van der Waals surface area contributed by atoms with Crippen LogP contribution >= 0.6 is 34.4 Å². The molecule has 1 aliphatic rings. The van der Waals surface area contributed by atoms with Crippen molar-refractivity contribution in [1.29, 1.82) is 0 Å². The molecule has 0 unspecified atom stereocenters. The molecule has 3 N–H and O–H groups in total. The molecular formula is C20H19N3O2S3. The lowest BCUT2D eigenvalue weighted by Crippen LogP contribution is -2.19. The molecule has 0 radical (unpaired) electrons. The zero-order chi connectivity index (χ0) is 19.5. The summed E-state index contributed by atoms with van der Waals surface area (Å²) in [6.07, 6.45) is 3.98. The van der Waals surface area contributed by atoms with E-state index in [0.717, 1.165) is 46.8 Å². The highest BCUT2D eigenvalue weighted by molar-refractivity contribution is 8.01. The molecule has 8 heteroatoms. The van der Waals surface area contributed by atoms with E-state index in [4.69, 9.17) is 5.73 Å². The van der Waals surface area contributed by atoms with Gasteiger partial charge in [0.05, 0.1) is 17.0 Å². The van der Waals surface area contributed by atoms with E-state index in [1.165, 1.54) is 39.3 Å². The molecule has 0 saturated carbocycles. The molecule has 0 saturated heterocycles. The monoisotopic (exact) mass is 429 g/mol. The quantitative estimate of drug-likeness (QED) is 0.562. The Kier molecular flexibility index (Phi) is 5.79. The Morgan fingerprint density at radius 3 is 2.75 bits per heavy atom. The summed E-state index contributed by atoms with van der Waals surface area (Å²) in [6, 6.07) is 9.96. The first-order chi connectivity index (χ1) is 13.6. The van der Waals surface area contributed by atoms with Crippen molar-refractivity contribution in [2.75, 3.05) is 11.1 Å². The number of nitrogens with zero attached hydrogens (tertiary/aromatic N) is 1. The van der Waals surface area contributed by atoms with Gasteiger partial charge in [-0.3, -0.25) is 9.59 Å². The summed E-state index contributed by atoms with van der Waals surface area (Å²) in [5.41, 5.74) is 9.08. The minimum absolute atomic E-state index is 0.150. The van der Waals surface area contributed by atoms with Crippen LogP contribution in [-0.2, 0) is 17.6 Å². The van der Waals surface area contributed by atoms with E-state index in [1.807, 2.05) is 35.7 Å². The number of aromatic nitrogens is 1. The van der Waals surface area contributed by atoms with Gasteiger partial charge in [0.1, 0.15) is 5.00 Å². The fourth-order valence-corrected chi connectivity index (χ4v) is 6.22. The second-order valence-corrected chi connectivity index (χ2v) is 9.67. The van der Waals surface area contributed by atoms with Crippen LogP contribution in [0.5, 0.6) is 0 Å². The molecule has 5 nitrogen and oxygen atoms in total. The lowest BCUT2D eigenvalue weighted by molar-refractivity contribution is -0.113. The molecule has 0 bridgehead atoms. The number of thioether (sulfide) groups is 1. The summed E-state index contributed by atoms with van der Waals surface area (Å²) in [5, 5.41) is 5.48. The molecule has 0 spiro atoms. The third-order valence-electron chi connectivity index (χ3n) is 4.55. The molecule has 2 heterocycles. The van der Waals surface area contributed by atoms with Crippen molar-refractivity contribution in [1.82, 2.24) is 4.98 Å². The van der Waals surface area contributed by atoms with E-state index >= 15 is 0 Å². The van der Waals surface area contributed by atoms with Crippen molar-refractivity contribution >= 4 is 51.3 Å². The van der Waals surface area contributed by atoms with Gasteiger partial charge in [-0.05, 0) is 31.2 Å². The number of aryl methyl sites for hydroxylation is 1. The number of anilines is 1. The number of hydrogen-bond donors (Lipinski definition) is 2. The number of benzene rings is 1. The summed E-state index contributed by atoms with van der Waals surface area (Å²) in [6.45, 7) is 0. The van der Waals surface area contributed by atoms with Crippen LogP contribution in [0.15, 0.2) is 40.1 Å². The average molecular weight is 430 g/mol. The maximum atomic E-state index is 12.4. The van der Waals surface area contributed by atoms with Gasteiger partial charge >= 0.3 is 0 Å². The average Bonchev–Trinajstić information content (AvgIpc) is 3.31. The smallest absolute Gasteiger partial charge is 0.251 e. The van der Waals surface area contributed by atoms with Gasteiger partial charge in [-0.2, -0.15) is 0 Å². The fraction of sp³-hybridized carbons (Fsp3) is 0.250. The Balaban J connectivity index is 1.41. The molecule has 3 aromatic rings. The first-order valence-corrected chi connectivity index (χ1v) is 11.7. The number of fused-ring (bicyclic) bond motifs is 1. The predicted molar refractivity (Wildman–Crippen MR) is 116 cm³/mol. The van der Waals surface area contributed by atoms with Gasteiger partial charge in [0.2, 0.25) is 5.91 Å². The molecule has 1 aromatic carbocycles. The van der Waals surface area contributed by atoms with Crippen molar-refractivity contribution in [2.45, 2.75) is 30.0 Å². The molecule has 2 amide bonds. The Hall–Kier alpha value is -2.16. The molecule has 2 aromatic heterocycles. The van der Waals surface area contributed by atoms with Gasteiger partial charge in [-0.25, -0.2) is 4.98 Å². The van der Waals surface area contributed by atoms with Crippen molar-refractivity contribution in [3.63, 3.8) is 0 Å². The minimum Gasteiger partial charge on any atom is -0.365 e. The van der Waals surface area contributed by atoms with Gasteiger partial charge < -0.3 is 11.1 Å². The van der Waals surface area contributed by atoms with E-state index in [-0.39, 0.29) is 11.7 Å². The molecular weight excluding hydrogens is 410 g/mol. The first kappa shape index (κ1) is 19.2.